The van der Waals surface area contributed by atoms with Crippen LogP contribution in [-0.4, -0.2) is 35.3 Å². The number of hydrogen-bond donors (Lipinski definition) is 0. The quantitative estimate of drug-likeness (QED) is 0.748. The predicted octanol–water partition coefficient (Wildman–Crippen LogP) is 1.66. The van der Waals surface area contributed by atoms with Gasteiger partial charge in [0.05, 0.1) is 19.5 Å². The SMILES string of the molecule is CC(C)n1cnc(C(=O)OC[C@@H]2CCOC2)c1. The molecule has 1 fully saturated rings. The van der Waals surface area contributed by atoms with E-state index in [-0.39, 0.29) is 5.97 Å². The molecule has 0 radical (unpaired) electrons. The first kappa shape index (κ1) is 12.1. The van der Waals surface area contributed by atoms with Gasteiger partial charge in [-0.15, -0.1) is 0 Å². The van der Waals surface area contributed by atoms with E-state index in [0.717, 1.165) is 13.0 Å². The fraction of sp³-hybridized carbons (Fsp3) is 0.667. The molecule has 0 N–H and O–H groups in total. The molecule has 0 unspecified atom stereocenters. The van der Waals surface area contributed by atoms with Gasteiger partial charge in [0.25, 0.3) is 0 Å². The maximum absolute atomic E-state index is 11.7. The molecule has 1 saturated heterocycles. The van der Waals surface area contributed by atoms with Gasteiger partial charge in [-0.25, -0.2) is 9.78 Å². The summed E-state index contributed by atoms with van der Waals surface area (Å²) in [4.78, 5) is 15.7. The summed E-state index contributed by atoms with van der Waals surface area (Å²) in [6, 6.07) is 0.298. The highest BCUT2D eigenvalue weighted by Gasteiger charge is 2.19. The van der Waals surface area contributed by atoms with Crippen LogP contribution in [0.25, 0.3) is 0 Å². The number of hydrogen-bond acceptors (Lipinski definition) is 4. The molecule has 0 bridgehead atoms. The third-order valence-electron chi connectivity index (χ3n) is 2.88. The molecule has 0 amide bonds. The molecule has 1 aliphatic rings. The number of ether oxygens (including phenoxy) is 2. The van der Waals surface area contributed by atoms with E-state index >= 15 is 0 Å². The van der Waals surface area contributed by atoms with E-state index in [2.05, 4.69) is 4.98 Å². The van der Waals surface area contributed by atoms with E-state index < -0.39 is 0 Å². The zero-order chi connectivity index (χ0) is 12.3. The van der Waals surface area contributed by atoms with Crippen molar-refractivity contribution in [2.75, 3.05) is 19.8 Å². The van der Waals surface area contributed by atoms with Crippen LogP contribution in [0.15, 0.2) is 12.5 Å². The van der Waals surface area contributed by atoms with Gasteiger partial charge in [0, 0.05) is 24.8 Å². The Bertz CT molecular complexity index is 381. The van der Waals surface area contributed by atoms with Crippen LogP contribution >= 0.6 is 0 Å². The molecule has 0 spiro atoms. The first-order chi connectivity index (χ1) is 8.16. The molecule has 2 heterocycles. The standard InChI is InChI=1S/C12H18N2O3/c1-9(2)14-5-11(13-8-14)12(15)17-7-10-3-4-16-6-10/h5,8-10H,3-4,6-7H2,1-2H3/t10-/m1/s1. The number of esters is 1. The van der Waals surface area contributed by atoms with E-state index in [0.29, 0.717) is 30.9 Å². The van der Waals surface area contributed by atoms with E-state index in [1.54, 1.807) is 12.5 Å². The van der Waals surface area contributed by atoms with Crippen molar-refractivity contribution in [3.8, 4) is 0 Å². The lowest BCUT2D eigenvalue weighted by atomic mass is 10.1. The number of carbonyl (C=O) groups excluding carboxylic acids is 1. The molecule has 2 rings (SSSR count). The first-order valence-electron chi connectivity index (χ1n) is 5.95. The summed E-state index contributed by atoms with van der Waals surface area (Å²) in [5.41, 5.74) is 0.373. The van der Waals surface area contributed by atoms with E-state index in [1.807, 2.05) is 18.4 Å². The Balaban J connectivity index is 1.85. The Morgan fingerprint density at radius 3 is 3.12 bits per heavy atom. The van der Waals surface area contributed by atoms with Crippen LogP contribution in [0.4, 0.5) is 0 Å². The highest BCUT2D eigenvalue weighted by atomic mass is 16.5. The van der Waals surface area contributed by atoms with Gasteiger partial charge in [-0.2, -0.15) is 0 Å². The average Bonchev–Trinajstić information content (AvgIpc) is 2.96. The second kappa shape index (κ2) is 5.31. The highest BCUT2D eigenvalue weighted by molar-refractivity contribution is 5.86. The van der Waals surface area contributed by atoms with Gasteiger partial charge in [-0.05, 0) is 20.3 Å². The minimum Gasteiger partial charge on any atom is -0.461 e. The van der Waals surface area contributed by atoms with Crippen molar-refractivity contribution in [1.29, 1.82) is 0 Å². The molecule has 0 aliphatic carbocycles. The lowest BCUT2D eigenvalue weighted by Gasteiger charge is -2.07. The molecule has 5 heteroatoms. The smallest absolute Gasteiger partial charge is 0.358 e. The van der Waals surface area contributed by atoms with Crippen molar-refractivity contribution >= 4 is 5.97 Å². The first-order valence-corrected chi connectivity index (χ1v) is 5.95. The Labute approximate surface area is 101 Å². The molecule has 1 aliphatic heterocycles. The summed E-state index contributed by atoms with van der Waals surface area (Å²) in [6.45, 7) is 5.95. The van der Waals surface area contributed by atoms with Gasteiger partial charge >= 0.3 is 5.97 Å². The Hall–Kier alpha value is -1.36. The average molecular weight is 238 g/mol. The minimum atomic E-state index is -0.351. The number of aromatic nitrogens is 2. The fourth-order valence-electron chi connectivity index (χ4n) is 1.71. The fourth-order valence-corrected chi connectivity index (χ4v) is 1.71. The molecule has 1 aromatic heterocycles. The summed E-state index contributed by atoms with van der Waals surface area (Å²) in [5.74, 6) is -0.0116. The Morgan fingerprint density at radius 2 is 2.53 bits per heavy atom. The zero-order valence-corrected chi connectivity index (χ0v) is 10.3. The second-order valence-electron chi connectivity index (χ2n) is 4.63. The van der Waals surface area contributed by atoms with Crippen LogP contribution in [0.1, 0.15) is 36.8 Å². The number of imidazole rings is 1. The van der Waals surface area contributed by atoms with Gasteiger partial charge in [-0.3, -0.25) is 0 Å². The Morgan fingerprint density at radius 1 is 1.71 bits per heavy atom. The largest absolute Gasteiger partial charge is 0.461 e. The van der Waals surface area contributed by atoms with E-state index in [1.165, 1.54) is 0 Å². The Kier molecular flexibility index (Phi) is 3.78. The maximum atomic E-state index is 11.7. The van der Waals surface area contributed by atoms with Crippen molar-refractivity contribution in [3.05, 3.63) is 18.2 Å². The third-order valence-corrected chi connectivity index (χ3v) is 2.88. The summed E-state index contributed by atoms with van der Waals surface area (Å²) >= 11 is 0. The zero-order valence-electron chi connectivity index (χ0n) is 10.3. The lowest BCUT2D eigenvalue weighted by molar-refractivity contribution is 0.0422. The van der Waals surface area contributed by atoms with Crippen molar-refractivity contribution in [2.45, 2.75) is 26.3 Å². The summed E-state index contributed by atoms with van der Waals surface area (Å²) in [7, 11) is 0. The van der Waals surface area contributed by atoms with Crippen LogP contribution in [0.3, 0.4) is 0 Å². The maximum Gasteiger partial charge on any atom is 0.358 e. The van der Waals surface area contributed by atoms with E-state index in [9.17, 15) is 4.79 Å². The van der Waals surface area contributed by atoms with Crippen molar-refractivity contribution < 1.29 is 14.3 Å². The molecule has 17 heavy (non-hydrogen) atoms. The molecular weight excluding hydrogens is 220 g/mol. The molecule has 1 aromatic rings. The predicted molar refractivity (Wildman–Crippen MR) is 61.8 cm³/mol. The van der Waals surface area contributed by atoms with Gasteiger partial charge in [0.1, 0.15) is 0 Å². The van der Waals surface area contributed by atoms with Gasteiger partial charge in [0.2, 0.25) is 0 Å². The minimum absolute atomic E-state index is 0.298. The molecule has 0 aromatic carbocycles. The van der Waals surface area contributed by atoms with Crippen molar-refractivity contribution in [3.63, 3.8) is 0 Å². The summed E-state index contributed by atoms with van der Waals surface area (Å²) in [5, 5.41) is 0. The van der Waals surface area contributed by atoms with E-state index in [4.69, 9.17) is 9.47 Å². The summed E-state index contributed by atoms with van der Waals surface area (Å²) in [6.07, 6.45) is 4.34. The molecule has 1 atom stereocenters. The number of carbonyl (C=O) groups is 1. The van der Waals surface area contributed by atoms with Crippen LogP contribution in [0.5, 0.6) is 0 Å². The molecule has 94 valence electrons. The second-order valence-corrected chi connectivity index (χ2v) is 4.63. The monoisotopic (exact) mass is 238 g/mol. The number of rotatable bonds is 4. The van der Waals surface area contributed by atoms with Crippen molar-refractivity contribution in [2.24, 2.45) is 5.92 Å². The third kappa shape index (κ3) is 3.06. The van der Waals surface area contributed by atoms with Gasteiger partial charge in [-0.1, -0.05) is 0 Å². The van der Waals surface area contributed by atoms with Crippen LogP contribution in [0, 0.1) is 5.92 Å². The normalized spacial score (nSPS) is 19.8. The number of nitrogens with zero attached hydrogens (tertiary/aromatic N) is 2. The summed E-state index contributed by atoms with van der Waals surface area (Å²) < 4.78 is 12.3. The molecule has 5 nitrogen and oxygen atoms in total. The van der Waals surface area contributed by atoms with Crippen molar-refractivity contribution in [1.82, 2.24) is 9.55 Å². The van der Waals surface area contributed by atoms with Gasteiger partial charge in [0.15, 0.2) is 5.69 Å². The van der Waals surface area contributed by atoms with Gasteiger partial charge < -0.3 is 14.0 Å². The highest BCUT2D eigenvalue weighted by Crippen LogP contribution is 2.13. The lowest BCUT2D eigenvalue weighted by Crippen LogP contribution is -2.14. The molecule has 0 saturated carbocycles. The molecular formula is C12H18N2O3. The van der Waals surface area contributed by atoms with Crippen LogP contribution in [-0.2, 0) is 9.47 Å². The van der Waals surface area contributed by atoms with Crippen LogP contribution < -0.4 is 0 Å². The topological polar surface area (TPSA) is 53.4 Å². The van der Waals surface area contributed by atoms with Crippen LogP contribution in [0.2, 0.25) is 0 Å².